The van der Waals surface area contributed by atoms with E-state index in [4.69, 9.17) is 9.47 Å². The van der Waals surface area contributed by atoms with Gasteiger partial charge in [-0.3, -0.25) is 4.98 Å². The van der Waals surface area contributed by atoms with E-state index < -0.39 is 0 Å². The predicted molar refractivity (Wildman–Crippen MR) is 61.6 cm³/mol. The van der Waals surface area contributed by atoms with Gasteiger partial charge in [-0.1, -0.05) is 18.2 Å². The molecule has 3 heteroatoms. The van der Waals surface area contributed by atoms with Gasteiger partial charge in [-0.15, -0.1) is 0 Å². The van der Waals surface area contributed by atoms with Crippen molar-refractivity contribution in [1.29, 1.82) is 0 Å². The van der Waals surface area contributed by atoms with Crippen LogP contribution in [0.15, 0.2) is 48.8 Å². The first-order valence-electron chi connectivity index (χ1n) is 5.05. The summed E-state index contributed by atoms with van der Waals surface area (Å²) in [5.41, 5.74) is 0.987. The molecule has 2 aromatic rings. The smallest absolute Gasteiger partial charge is 0.143 e. The Labute approximate surface area is 94.7 Å². The molecule has 0 spiro atoms. The largest absolute Gasteiger partial charge is 0.495 e. The number of hydrogen-bond acceptors (Lipinski definition) is 3. The standard InChI is InChI=1S/C13H13NO2/c1-15-13-9-14-8-7-11(13)10-16-12-5-3-2-4-6-12/h2-9H,10H2,1H3. The topological polar surface area (TPSA) is 31.4 Å². The van der Waals surface area contributed by atoms with Crippen LogP contribution >= 0.6 is 0 Å². The van der Waals surface area contributed by atoms with Crippen LogP contribution in [0.25, 0.3) is 0 Å². The molecule has 0 atom stereocenters. The molecule has 1 aromatic carbocycles. The van der Waals surface area contributed by atoms with Gasteiger partial charge in [0.25, 0.3) is 0 Å². The lowest BCUT2D eigenvalue weighted by molar-refractivity contribution is 0.296. The fourth-order valence-corrected chi connectivity index (χ4v) is 1.39. The molecule has 1 heterocycles. The van der Waals surface area contributed by atoms with Crippen molar-refractivity contribution in [3.05, 3.63) is 54.4 Å². The molecule has 0 aliphatic heterocycles. The Morgan fingerprint density at radius 3 is 2.69 bits per heavy atom. The van der Waals surface area contributed by atoms with Crippen LogP contribution in [0.4, 0.5) is 0 Å². The van der Waals surface area contributed by atoms with Gasteiger partial charge in [0.2, 0.25) is 0 Å². The van der Waals surface area contributed by atoms with E-state index in [9.17, 15) is 0 Å². The quantitative estimate of drug-likeness (QED) is 0.785. The van der Waals surface area contributed by atoms with Crippen LogP contribution in [0.2, 0.25) is 0 Å². The van der Waals surface area contributed by atoms with Crippen molar-refractivity contribution in [2.24, 2.45) is 0 Å². The van der Waals surface area contributed by atoms with Gasteiger partial charge < -0.3 is 9.47 Å². The Morgan fingerprint density at radius 1 is 1.12 bits per heavy atom. The Bertz CT molecular complexity index is 443. The van der Waals surface area contributed by atoms with Gasteiger partial charge >= 0.3 is 0 Å². The molecule has 16 heavy (non-hydrogen) atoms. The molecule has 2 rings (SSSR count). The van der Waals surface area contributed by atoms with Crippen LogP contribution < -0.4 is 9.47 Å². The number of ether oxygens (including phenoxy) is 2. The summed E-state index contributed by atoms with van der Waals surface area (Å²) in [5.74, 6) is 1.60. The molecule has 0 saturated heterocycles. The molecule has 0 bridgehead atoms. The maximum atomic E-state index is 5.63. The zero-order valence-electron chi connectivity index (χ0n) is 9.09. The number of hydrogen-bond donors (Lipinski definition) is 0. The summed E-state index contributed by atoms with van der Waals surface area (Å²) in [6.07, 6.45) is 3.41. The summed E-state index contributed by atoms with van der Waals surface area (Å²) in [6, 6.07) is 11.6. The Balaban J connectivity index is 2.05. The van der Waals surface area contributed by atoms with E-state index in [0.29, 0.717) is 6.61 Å². The normalized spacial score (nSPS) is 9.81. The molecule has 3 nitrogen and oxygen atoms in total. The number of rotatable bonds is 4. The zero-order chi connectivity index (χ0) is 11.2. The van der Waals surface area contributed by atoms with E-state index in [0.717, 1.165) is 17.1 Å². The third kappa shape index (κ3) is 2.51. The van der Waals surface area contributed by atoms with E-state index in [1.54, 1.807) is 19.5 Å². The van der Waals surface area contributed by atoms with E-state index in [1.165, 1.54) is 0 Å². The minimum Gasteiger partial charge on any atom is -0.495 e. The van der Waals surface area contributed by atoms with Gasteiger partial charge in [0, 0.05) is 11.8 Å². The molecule has 0 aliphatic rings. The van der Waals surface area contributed by atoms with Crippen molar-refractivity contribution in [2.75, 3.05) is 7.11 Å². The molecule has 0 radical (unpaired) electrons. The number of para-hydroxylation sites is 1. The second-order valence-electron chi connectivity index (χ2n) is 3.29. The van der Waals surface area contributed by atoms with Crippen molar-refractivity contribution in [3.8, 4) is 11.5 Å². The molecular weight excluding hydrogens is 202 g/mol. The first-order valence-corrected chi connectivity index (χ1v) is 5.05. The second-order valence-corrected chi connectivity index (χ2v) is 3.29. The summed E-state index contributed by atoms with van der Waals surface area (Å²) in [4.78, 5) is 3.99. The van der Waals surface area contributed by atoms with Crippen LogP contribution in [0.3, 0.4) is 0 Å². The molecule has 0 N–H and O–H groups in total. The second kappa shape index (κ2) is 5.16. The minimum atomic E-state index is 0.482. The maximum absolute atomic E-state index is 5.63. The average molecular weight is 215 g/mol. The lowest BCUT2D eigenvalue weighted by Crippen LogP contribution is -1.98. The van der Waals surface area contributed by atoms with Gasteiger partial charge in [-0.2, -0.15) is 0 Å². The summed E-state index contributed by atoms with van der Waals surface area (Å²) >= 11 is 0. The molecule has 0 aliphatic carbocycles. The molecule has 0 unspecified atom stereocenters. The highest BCUT2D eigenvalue weighted by Gasteiger charge is 2.02. The van der Waals surface area contributed by atoms with Crippen molar-refractivity contribution in [1.82, 2.24) is 4.98 Å². The van der Waals surface area contributed by atoms with Gasteiger partial charge in [0.05, 0.1) is 13.3 Å². The van der Waals surface area contributed by atoms with Crippen LogP contribution in [0.1, 0.15) is 5.56 Å². The molecule has 0 fully saturated rings. The van der Waals surface area contributed by atoms with Crippen LogP contribution in [-0.4, -0.2) is 12.1 Å². The zero-order valence-corrected chi connectivity index (χ0v) is 9.09. The van der Waals surface area contributed by atoms with Crippen LogP contribution in [-0.2, 0) is 6.61 Å². The number of benzene rings is 1. The fraction of sp³-hybridized carbons (Fsp3) is 0.154. The first kappa shape index (κ1) is 10.5. The number of methoxy groups -OCH3 is 1. The number of nitrogens with zero attached hydrogens (tertiary/aromatic N) is 1. The molecule has 0 saturated carbocycles. The summed E-state index contributed by atoms with van der Waals surface area (Å²) in [5, 5.41) is 0. The van der Waals surface area contributed by atoms with Gasteiger partial charge in [0.1, 0.15) is 18.1 Å². The van der Waals surface area contributed by atoms with Crippen LogP contribution in [0, 0.1) is 0 Å². The fourth-order valence-electron chi connectivity index (χ4n) is 1.39. The highest BCUT2D eigenvalue weighted by atomic mass is 16.5. The number of aromatic nitrogens is 1. The van der Waals surface area contributed by atoms with Crippen molar-refractivity contribution in [3.63, 3.8) is 0 Å². The van der Waals surface area contributed by atoms with E-state index in [2.05, 4.69) is 4.98 Å². The molecule has 82 valence electrons. The first-order chi connectivity index (χ1) is 7.90. The Morgan fingerprint density at radius 2 is 1.94 bits per heavy atom. The van der Waals surface area contributed by atoms with E-state index in [-0.39, 0.29) is 0 Å². The minimum absolute atomic E-state index is 0.482. The van der Waals surface area contributed by atoms with Crippen molar-refractivity contribution < 1.29 is 9.47 Å². The Kier molecular flexibility index (Phi) is 3.38. The highest BCUT2D eigenvalue weighted by Crippen LogP contribution is 2.18. The molecule has 1 aromatic heterocycles. The van der Waals surface area contributed by atoms with E-state index in [1.807, 2.05) is 36.4 Å². The van der Waals surface area contributed by atoms with Crippen molar-refractivity contribution in [2.45, 2.75) is 6.61 Å². The predicted octanol–water partition coefficient (Wildman–Crippen LogP) is 2.67. The van der Waals surface area contributed by atoms with Gasteiger partial charge in [0.15, 0.2) is 0 Å². The SMILES string of the molecule is COc1cnccc1COc1ccccc1. The van der Waals surface area contributed by atoms with Gasteiger partial charge in [-0.25, -0.2) is 0 Å². The summed E-state index contributed by atoms with van der Waals surface area (Å²) in [7, 11) is 1.63. The lowest BCUT2D eigenvalue weighted by Gasteiger charge is -2.09. The number of pyridine rings is 1. The monoisotopic (exact) mass is 215 g/mol. The maximum Gasteiger partial charge on any atom is 0.143 e. The Hall–Kier alpha value is -2.03. The molecular formula is C13H13NO2. The third-order valence-corrected chi connectivity index (χ3v) is 2.23. The molecule has 0 amide bonds. The van der Waals surface area contributed by atoms with E-state index >= 15 is 0 Å². The average Bonchev–Trinajstić information content (AvgIpc) is 2.38. The summed E-state index contributed by atoms with van der Waals surface area (Å²) in [6.45, 7) is 0.482. The van der Waals surface area contributed by atoms with Gasteiger partial charge in [-0.05, 0) is 18.2 Å². The van der Waals surface area contributed by atoms with Crippen LogP contribution in [0.5, 0.6) is 11.5 Å². The summed E-state index contributed by atoms with van der Waals surface area (Å²) < 4.78 is 10.8. The highest BCUT2D eigenvalue weighted by molar-refractivity contribution is 5.30. The lowest BCUT2D eigenvalue weighted by atomic mass is 10.2. The van der Waals surface area contributed by atoms with Crippen molar-refractivity contribution >= 4 is 0 Å². The third-order valence-electron chi connectivity index (χ3n) is 2.23.